The summed E-state index contributed by atoms with van der Waals surface area (Å²) in [6.07, 6.45) is 0.479. The Bertz CT molecular complexity index is 446. The van der Waals surface area contributed by atoms with E-state index in [1.807, 2.05) is 37.3 Å². The first-order valence-corrected chi connectivity index (χ1v) is 6.74. The zero-order valence-corrected chi connectivity index (χ0v) is 12.4. The van der Waals surface area contributed by atoms with Crippen LogP contribution in [-0.2, 0) is 16.0 Å². The Kier molecular flexibility index (Phi) is 6.18. The van der Waals surface area contributed by atoms with E-state index < -0.39 is 6.04 Å². The van der Waals surface area contributed by atoms with E-state index in [4.69, 9.17) is 5.73 Å². The summed E-state index contributed by atoms with van der Waals surface area (Å²) in [6.45, 7) is 2.39. The van der Waals surface area contributed by atoms with Gasteiger partial charge in [0.1, 0.15) is 0 Å². The summed E-state index contributed by atoms with van der Waals surface area (Å²) in [5, 5.41) is 0. The van der Waals surface area contributed by atoms with Crippen LogP contribution in [0.4, 0.5) is 0 Å². The van der Waals surface area contributed by atoms with Crippen molar-refractivity contribution in [2.75, 3.05) is 27.2 Å². The molecule has 0 saturated carbocycles. The van der Waals surface area contributed by atoms with Crippen LogP contribution in [0.25, 0.3) is 0 Å². The second kappa shape index (κ2) is 7.65. The molecule has 1 rings (SSSR count). The molecular weight excluding hydrogens is 254 g/mol. The first-order chi connectivity index (χ1) is 9.45. The van der Waals surface area contributed by atoms with Crippen molar-refractivity contribution in [1.82, 2.24) is 9.80 Å². The third-order valence-corrected chi connectivity index (χ3v) is 3.13. The summed E-state index contributed by atoms with van der Waals surface area (Å²) in [5.74, 6) is -0.293. The standard InChI is InChI=1S/C15H23N3O2/c1-4-18(11-14(19)17(2)3)15(20)13(16)10-12-8-6-5-7-9-12/h5-9,13H,4,10-11,16H2,1-3H3. The monoisotopic (exact) mass is 277 g/mol. The van der Waals surface area contributed by atoms with Crippen LogP contribution in [0.5, 0.6) is 0 Å². The van der Waals surface area contributed by atoms with Crippen LogP contribution in [0, 0.1) is 0 Å². The first kappa shape index (κ1) is 16.2. The van der Waals surface area contributed by atoms with Crippen LogP contribution < -0.4 is 5.73 Å². The number of nitrogens with zero attached hydrogens (tertiary/aromatic N) is 2. The maximum atomic E-state index is 12.3. The van der Waals surface area contributed by atoms with Gasteiger partial charge in [-0.2, -0.15) is 0 Å². The molecular formula is C15H23N3O2. The minimum atomic E-state index is -0.618. The molecule has 0 radical (unpaired) electrons. The highest BCUT2D eigenvalue weighted by Crippen LogP contribution is 2.04. The van der Waals surface area contributed by atoms with Gasteiger partial charge in [-0.3, -0.25) is 9.59 Å². The Balaban J connectivity index is 2.63. The fourth-order valence-corrected chi connectivity index (χ4v) is 1.84. The van der Waals surface area contributed by atoms with Crippen LogP contribution in [0.15, 0.2) is 30.3 Å². The maximum absolute atomic E-state index is 12.3. The van der Waals surface area contributed by atoms with Gasteiger partial charge in [0.25, 0.3) is 0 Å². The van der Waals surface area contributed by atoms with Crippen molar-refractivity contribution in [2.45, 2.75) is 19.4 Å². The molecule has 0 aliphatic heterocycles. The highest BCUT2D eigenvalue weighted by molar-refractivity contribution is 5.87. The molecule has 0 aliphatic rings. The van der Waals surface area contributed by atoms with E-state index in [-0.39, 0.29) is 18.4 Å². The summed E-state index contributed by atoms with van der Waals surface area (Å²) in [4.78, 5) is 26.9. The molecule has 0 spiro atoms. The minimum Gasteiger partial charge on any atom is -0.347 e. The summed E-state index contributed by atoms with van der Waals surface area (Å²) < 4.78 is 0. The third-order valence-electron chi connectivity index (χ3n) is 3.13. The Morgan fingerprint density at radius 1 is 1.20 bits per heavy atom. The number of benzene rings is 1. The van der Waals surface area contributed by atoms with Crippen LogP contribution >= 0.6 is 0 Å². The van der Waals surface area contributed by atoms with Crippen molar-refractivity contribution in [3.8, 4) is 0 Å². The predicted octanol–water partition coefficient (Wildman–Crippen LogP) is 0.493. The fraction of sp³-hybridized carbons (Fsp3) is 0.467. The number of likely N-dealkylation sites (N-methyl/N-ethyl adjacent to an activating group) is 2. The van der Waals surface area contributed by atoms with Gasteiger partial charge in [0.05, 0.1) is 12.6 Å². The maximum Gasteiger partial charge on any atom is 0.241 e. The Morgan fingerprint density at radius 2 is 1.80 bits per heavy atom. The topological polar surface area (TPSA) is 66.6 Å². The fourth-order valence-electron chi connectivity index (χ4n) is 1.84. The summed E-state index contributed by atoms with van der Waals surface area (Å²) in [6, 6.07) is 9.01. The average Bonchev–Trinajstić information content (AvgIpc) is 2.44. The second-order valence-electron chi connectivity index (χ2n) is 4.94. The van der Waals surface area contributed by atoms with Crippen molar-refractivity contribution in [2.24, 2.45) is 5.73 Å². The highest BCUT2D eigenvalue weighted by Gasteiger charge is 2.22. The SMILES string of the molecule is CCN(CC(=O)N(C)C)C(=O)C(N)Cc1ccccc1. The molecule has 1 aromatic carbocycles. The van der Waals surface area contributed by atoms with E-state index in [1.54, 1.807) is 14.1 Å². The second-order valence-corrected chi connectivity index (χ2v) is 4.94. The van der Waals surface area contributed by atoms with Gasteiger partial charge in [0, 0.05) is 20.6 Å². The van der Waals surface area contributed by atoms with Crippen molar-refractivity contribution in [3.05, 3.63) is 35.9 Å². The number of carbonyl (C=O) groups is 2. The number of rotatable bonds is 6. The Labute approximate surface area is 120 Å². The lowest BCUT2D eigenvalue weighted by Crippen LogP contribution is -2.48. The van der Waals surface area contributed by atoms with Gasteiger partial charge in [-0.25, -0.2) is 0 Å². The van der Waals surface area contributed by atoms with E-state index >= 15 is 0 Å². The summed E-state index contributed by atoms with van der Waals surface area (Å²) in [7, 11) is 3.34. The first-order valence-electron chi connectivity index (χ1n) is 6.74. The van der Waals surface area contributed by atoms with Crippen LogP contribution in [0.1, 0.15) is 12.5 Å². The smallest absolute Gasteiger partial charge is 0.241 e. The number of carbonyl (C=O) groups excluding carboxylic acids is 2. The summed E-state index contributed by atoms with van der Waals surface area (Å²) in [5.41, 5.74) is 6.98. The van der Waals surface area contributed by atoms with Crippen molar-refractivity contribution < 1.29 is 9.59 Å². The number of hydrogen-bond acceptors (Lipinski definition) is 3. The third kappa shape index (κ3) is 4.66. The molecule has 0 saturated heterocycles. The molecule has 0 bridgehead atoms. The minimum absolute atomic E-state index is 0.0742. The molecule has 1 atom stereocenters. The molecule has 2 amide bonds. The molecule has 5 heteroatoms. The van der Waals surface area contributed by atoms with Gasteiger partial charge in [0.15, 0.2) is 0 Å². The van der Waals surface area contributed by atoms with E-state index in [2.05, 4.69) is 0 Å². The quantitative estimate of drug-likeness (QED) is 0.823. The average molecular weight is 277 g/mol. The van der Waals surface area contributed by atoms with Crippen molar-refractivity contribution >= 4 is 11.8 Å². The molecule has 5 nitrogen and oxygen atoms in total. The van der Waals surface area contributed by atoms with Gasteiger partial charge < -0.3 is 15.5 Å². The van der Waals surface area contributed by atoms with Crippen molar-refractivity contribution in [3.63, 3.8) is 0 Å². The highest BCUT2D eigenvalue weighted by atomic mass is 16.2. The van der Waals surface area contributed by atoms with Gasteiger partial charge in [0.2, 0.25) is 11.8 Å². The Hall–Kier alpha value is -1.88. The van der Waals surface area contributed by atoms with Gasteiger partial charge in [-0.05, 0) is 18.9 Å². The molecule has 0 fully saturated rings. The largest absolute Gasteiger partial charge is 0.347 e. The van der Waals surface area contributed by atoms with E-state index in [9.17, 15) is 9.59 Å². The van der Waals surface area contributed by atoms with Crippen molar-refractivity contribution in [1.29, 1.82) is 0 Å². The van der Waals surface area contributed by atoms with Gasteiger partial charge >= 0.3 is 0 Å². The van der Waals surface area contributed by atoms with Gasteiger partial charge in [-0.1, -0.05) is 30.3 Å². The van der Waals surface area contributed by atoms with Crippen LogP contribution in [0.3, 0.4) is 0 Å². The molecule has 1 aromatic rings. The zero-order chi connectivity index (χ0) is 15.1. The van der Waals surface area contributed by atoms with E-state index in [0.717, 1.165) is 5.56 Å². The molecule has 110 valence electrons. The normalized spacial score (nSPS) is 11.8. The molecule has 1 unspecified atom stereocenters. The number of amides is 2. The van der Waals surface area contributed by atoms with E-state index in [1.165, 1.54) is 9.80 Å². The van der Waals surface area contributed by atoms with Crippen LogP contribution in [-0.4, -0.2) is 54.8 Å². The van der Waals surface area contributed by atoms with E-state index in [0.29, 0.717) is 13.0 Å². The Morgan fingerprint density at radius 3 is 2.30 bits per heavy atom. The molecule has 0 aromatic heterocycles. The number of nitrogens with two attached hydrogens (primary N) is 1. The molecule has 2 N–H and O–H groups in total. The number of hydrogen-bond donors (Lipinski definition) is 1. The summed E-state index contributed by atoms with van der Waals surface area (Å²) >= 11 is 0. The lowest BCUT2D eigenvalue weighted by molar-refractivity contribution is -0.139. The predicted molar refractivity (Wildman–Crippen MR) is 79.1 cm³/mol. The molecule has 0 heterocycles. The van der Waals surface area contributed by atoms with Gasteiger partial charge in [-0.15, -0.1) is 0 Å². The molecule has 20 heavy (non-hydrogen) atoms. The van der Waals surface area contributed by atoms with Crippen LogP contribution in [0.2, 0.25) is 0 Å². The zero-order valence-electron chi connectivity index (χ0n) is 12.4. The molecule has 0 aliphatic carbocycles. The lowest BCUT2D eigenvalue weighted by Gasteiger charge is -2.25. The lowest BCUT2D eigenvalue weighted by atomic mass is 10.1.